The number of methoxy groups -OCH3 is 2. The fourth-order valence-corrected chi connectivity index (χ4v) is 14.6. The van der Waals surface area contributed by atoms with E-state index in [9.17, 15) is 74.7 Å². The predicted octanol–water partition coefficient (Wildman–Crippen LogP) is -1.21. The smallest absolute Gasteiger partial charge is 0.248 e. The number of rotatable bonds is 20. The number of anilines is 1. The lowest BCUT2D eigenvalue weighted by Crippen LogP contribution is -2.64. The number of aromatic nitrogens is 2. The van der Waals surface area contributed by atoms with Crippen LogP contribution >= 0.6 is 11.3 Å². The Labute approximate surface area is 555 Å². The minimum atomic E-state index is -2.04. The van der Waals surface area contributed by atoms with Gasteiger partial charge in [-0.1, -0.05) is 67.9 Å². The summed E-state index contributed by atoms with van der Waals surface area (Å²) in [5.41, 5.74) is 3.72. The van der Waals surface area contributed by atoms with E-state index in [4.69, 9.17) is 9.47 Å². The van der Waals surface area contributed by atoms with Crippen molar-refractivity contribution in [3.63, 3.8) is 0 Å². The second-order valence-corrected chi connectivity index (χ2v) is 26.9. The Morgan fingerprint density at radius 1 is 0.716 bits per heavy atom. The van der Waals surface area contributed by atoms with E-state index in [-0.39, 0.29) is 48.7 Å². The van der Waals surface area contributed by atoms with E-state index < -0.39 is 166 Å². The first kappa shape index (κ1) is 72.3. The molecule has 4 aromatic rings. The van der Waals surface area contributed by atoms with E-state index in [1.165, 1.54) is 75.7 Å². The molecule has 4 saturated heterocycles. The van der Waals surface area contributed by atoms with Gasteiger partial charge >= 0.3 is 0 Å². The lowest BCUT2D eigenvalue weighted by atomic mass is 9.72. The zero-order chi connectivity index (χ0) is 68.3. The highest BCUT2D eigenvalue weighted by Crippen LogP contribution is 2.43. The molecule has 1 saturated carbocycles. The van der Waals surface area contributed by atoms with E-state index in [2.05, 4.69) is 71.3 Å². The van der Waals surface area contributed by atoms with Crippen molar-refractivity contribution in [3.05, 3.63) is 77.9 Å². The van der Waals surface area contributed by atoms with Gasteiger partial charge in [-0.15, -0.1) is 10.2 Å². The number of carbonyl (C=O) groups is 6. The molecular weight excluding hydrogens is 1250 g/mol. The van der Waals surface area contributed by atoms with Crippen molar-refractivity contribution >= 4 is 52.5 Å². The molecule has 5 aliphatic rings. The third-order valence-electron chi connectivity index (χ3n) is 19.5. The second kappa shape index (κ2) is 32.8. The molecular formula is C66H93N11O17S. The zero-order valence-electron chi connectivity index (χ0n) is 54.1. The number of hydrogen-bond acceptors (Lipinski definition) is 23. The van der Waals surface area contributed by atoms with E-state index in [0.29, 0.717) is 16.5 Å². The van der Waals surface area contributed by atoms with Crippen molar-refractivity contribution in [1.29, 1.82) is 0 Å². The Hall–Kier alpha value is -7.00. The molecule has 0 spiro atoms. The van der Waals surface area contributed by atoms with Crippen LogP contribution in [0.4, 0.5) is 5.69 Å². The maximum atomic E-state index is 15.0. The molecule has 95 heavy (non-hydrogen) atoms. The van der Waals surface area contributed by atoms with Crippen molar-refractivity contribution in [2.75, 3.05) is 71.6 Å². The van der Waals surface area contributed by atoms with Crippen molar-refractivity contribution in [1.82, 2.24) is 51.9 Å². The first-order valence-corrected chi connectivity index (χ1v) is 33.6. The number of phenols is 1. The van der Waals surface area contributed by atoms with Crippen LogP contribution in [0.2, 0.25) is 0 Å². The number of hydrogen-bond donors (Lipinski definition) is 15. The Morgan fingerprint density at radius 3 is 1.97 bits per heavy atom. The van der Waals surface area contributed by atoms with Crippen LogP contribution in [0.3, 0.4) is 0 Å². The number of fused-ring (bicyclic) bond motifs is 2. The molecule has 1 aliphatic carbocycles. The van der Waals surface area contributed by atoms with Crippen LogP contribution in [0.25, 0.3) is 21.1 Å². The standard InChI is InChI=1S/C66H93N11O17S/c1-36-32-77-56(57(36)86)61(90)69-31-45(81)28-47(68-30-38-10-13-40(14-11-38)62-73-74-63(95-62)41-15-17-44(18-16-41)75-24-21-66(94-4,22-25-75)42-8-6-5-7-9-42)58(87)70-53(37(2)80)64(91)76-33-46(82)29-48(76)59(88)71-54(51(85)26-39-12-19-49(83)52(27-39)93-3)60(89)72-55(65(77)92)50(84)20-23-67-43(34-78)35-79/h10-19,27,36-37,42-43,45-48,50-51,53-57,67-68,78-86H,5-9,20-26,28-35H2,1-4H3,(H,69,90)(H,70,87)(H,71,88)(H,72,89)/t36-,37+,45+,46+,47?,48-,50+,51+,53-,54-,55-,56-,57-/m0/s1. The third kappa shape index (κ3) is 17.4. The number of aromatic hydroxyl groups is 1. The average Bonchev–Trinajstić information content (AvgIpc) is 1.78. The van der Waals surface area contributed by atoms with E-state index in [1.54, 1.807) is 19.1 Å². The third-order valence-corrected chi connectivity index (χ3v) is 20.5. The molecule has 520 valence electrons. The average molecular weight is 1340 g/mol. The fraction of sp³-hybridized carbons (Fsp3) is 0.606. The van der Waals surface area contributed by atoms with Gasteiger partial charge in [0.05, 0.1) is 74.6 Å². The highest BCUT2D eigenvalue weighted by atomic mass is 32.1. The summed E-state index contributed by atoms with van der Waals surface area (Å²) in [6.07, 6.45) is -3.13. The molecule has 5 heterocycles. The van der Waals surface area contributed by atoms with Crippen LogP contribution in [0, 0.1) is 11.8 Å². The van der Waals surface area contributed by atoms with Gasteiger partial charge in [0.2, 0.25) is 35.4 Å². The highest BCUT2D eigenvalue weighted by Gasteiger charge is 2.50. The first-order valence-electron chi connectivity index (χ1n) is 32.8. The van der Waals surface area contributed by atoms with Gasteiger partial charge in [-0.25, -0.2) is 0 Å². The molecule has 0 bridgehead atoms. The Bertz CT molecular complexity index is 3240. The minimum absolute atomic E-state index is 0.00110. The number of aliphatic hydroxyl groups is 8. The SMILES string of the molecule is COc1cc(C[C@@H](O)[C@@H]2NC(=O)[C@@H]3C[C@@H](O)CN3C(=O)[C@H]([C@@H](C)O)NC(=O)C(NCc3ccc(-c4nnc(-c5ccc(N6CCC(OC)(C7CCCCC7)CC6)cc5)s4)cc3)C[C@@H](O)CNC(=O)[C@@H]3[C@@H](O)[C@@H](C)CN3C(=O)[C@H]([C@H](O)CCNC(CO)CO)NC2=O)ccc1O. The summed E-state index contributed by atoms with van der Waals surface area (Å²) < 4.78 is 11.5. The molecule has 29 heteroatoms. The van der Waals surface area contributed by atoms with Crippen LogP contribution in [-0.2, 0) is 46.5 Å². The predicted molar refractivity (Wildman–Crippen MR) is 348 cm³/mol. The number of benzene rings is 3. The second-order valence-electron chi connectivity index (χ2n) is 26.0. The summed E-state index contributed by atoms with van der Waals surface area (Å²) in [5.74, 6) is -6.81. The molecule has 5 fully saturated rings. The number of nitrogens with one attached hydrogen (secondary N) is 6. The lowest BCUT2D eigenvalue weighted by Gasteiger charge is -2.47. The van der Waals surface area contributed by atoms with Gasteiger partial charge in [-0.3, -0.25) is 28.8 Å². The van der Waals surface area contributed by atoms with E-state index in [1.807, 2.05) is 19.2 Å². The molecule has 6 amide bonds. The van der Waals surface area contributed by atoms with Crippen LogP contribution in [-0.4, -0.2) is 253 Å². The number of phenolic OH excluding ortho intramolecular Hbond substituents is 1. The van der Waals surface area contributed by atoms with Gasteiger partial charge in [-0.05, 0) is 105 Å². The maximum absolute atomic E-state index is 15.0. The van der Waals surface area contributed by atoms with Gasteiger partial charge in [0.15, 0.2) is 11.5 Å². The minimum Gasteiger partial charge on any atom is -0.504 e. The van der Waals surface area contributed by atoms with Gasteiger partial charge in [-0.2, -0.15) is 0 Å². The molecule has 4 aliphatic heterocycles. The number of ether oxygens (including phenoxy) is 2. The number of aliphatic hydroxyl groups excluding tert-OH is 8. The summed E-state index contributed by atoms with van der Waals surface area (Å²) in [4.78, 5) is 92.4. The Morgan fingerprint density at radius 2 is 1.34 bits per heavy atom. The summed E-state index contributed by atoms with van der Waals surface area (Å²) in [5, 5.41) is 125. The lowest BCUT2D eigenvalue weighted by molar-refractivity contribution is -0.147. The van der Waals surface area contributed by atoms with E-state index in [0.717, 1.165) is 57.6 Å². The molecule has 28 nitrogen and oxygen atoms in total. The highest BCUT2D eigenvalue weighted by molar-refractivity contribution is 7.17. The Kier molecular flexibility index (Phi) is 25.0. The number of nitrogens with zero attached hydrogens (tertiary/aromatic N) is 5. The van der Waals surface area contributed by atoms with Gasteiger partial charge in [0.1, 0.15) is 40.2 Å². The van der Waals surface area contributed by atoms with Crippen molar-refractivity contribution < 1.29 is 84.2 Å². The van der Waals surface area contributed by atoms with Crippen LogP contribution < -0.4 is 41.5 Å². The molecule has 1 unspecified atom stereocenters. The summed E-state index contributed by atoms with van der Waals surface area (Å²) in [6.45, 7) is 2.10. The molecule has 0 radical (unpaired) electrons. The van der Waals surface area contributed by atoms with Gasteiger partial charge in [0, 0.05) is 82.0 Å². The van der Waals surface area contributed by atoms with Gasteiger partial charge in [0.25, 0.3) is 0 Å². The number of amides is 6. The molecule has 13 atom stereocenters. The first-order chi connectivity index (χ1) is 45.5. The van der Waals surface area contributed by atoms with Crippen LogP contribution in [0.1, 0.15) is 89.2 Å². The van der Waals surface area contributed by atoms with Crippen LogP contribution in [0.5, 0.6) is 11.5 Å². The molecule has 1 aromatic heterocycles. The monoisotopic (exact) mass is 1340 g/mol. The topological polar surface area (TPSA) is 411 Å². The normalized spacial score (nSPS) is 27.2. The largest absolute Gasteiger partial charge is 0.504 e. The van der Waals surface area contributed by atoms with Gasteiger partial charge < -0.3 is 102 Å². The molecule has 9 rings (SSSR count). The van der Waals surface area contributed by atoms with E-state index >= 15 is 0 Å². The Balaban J connectivity index is 0.950. The van der Waals surface area contributed by atoms with Crippen LogP contribution in [0.15, 0.2) is 66.7 Å². The summed E-state index contributed by atoms with van der Waals surface area (Å²) >= 11 is 1.42. The quantitative estimate of drug-likeness (QED) is 0.0494. The number of piperidine rings is 1. The zero-order valence-corrected chi connectivity index (χ0v) is 54.9. The maximum Gasteiger partial charge on any atom is 0.248 e. The number of carbonyl (C=O) groups excluding carboxylic acids is 6. The summed E-state index contributed by atoms with van der Waals surface area (Å²) in [7, 11) is 3.15. The fourth-order valence-electron chi connectivity index (χ4n) is 13.8. The molecule has 3 aromatic carbocycles. The summed E-state index contributed by atoms with van der Waals surface area (Å²) in [6, 6.07) is 8.34. The van der Waals surface area contributed by atoms with Crippen molar-refractivity contribution in [3.8, 4) is 32.6 Å². The molecule has 15 N–H and O–H groups in total. The van der Waals surface area contributed by atoms with Crippen molar-refractivity contribution in [2.45, 2.75) is 176 Å². The number of β-amino-alcohol motifs (C(OH)–C–C–N with tert-alkyl or cyclic N) is 1. The van der Waals surface area contributed by atoms with Crippen molar-refractivity contribution in [2.24, 2.45) is 11.8 Å².